The van der Waals surface area contributed by atoms with Crippen molar-refractivity contribution in [2.24, 2.45) is 5.41 Å². The van der Waals surface area contributed by atoms with Gasteiger partial charge in [0.05, 0.1) is 12.3 Å². The Morgan fingerprint density at radius 2 is 1.67 bits per heavy atom. The standard InChI is InChI=1S/C19H27BNO5.H2O/c1-12-21-15-10-9-13(23-16(22)17(2,3)4)11-14(15)20(24-12)25-18(5,6)19(7,8)26-20;/h9-11H,1-8H3;1H2/q-1;/p+1. The van der Waals surface area contributed by atoms with Crippen molar-refractivity contribution in [2.75, 3.05) is 0 Å². The highest BCUT2D eigenvalue weighted by Gasteiger charge is 2.58. The van der Waals surface area contributed by atoms with Gasteiger partial charge in [-0.05, 0) is 66.1 Å². The van der Waals surface area contributed by atoms with Crippen LogP contribution in [0.3, 0.4) is 0 Å². The summed E-state index contributed by atoms with van der Waals surface area (Å²) in [5.41, 5.74) is -0.187. The minimum absolute atomic E-state index is 0. The number of ether oxygens (including phenoxy) is 1. The van der Waals surface area contributed by atoms with Gasteiger partial charge in [0, 0.05) is 17.3 Å². The number of carbonyl (C=O) groups excluding carboxylic acids is 1. The molecule has 0 unspecified atom stereocenters. The van der Waals surface area contributed by atoms with E-state index in [9.17, 15) is 4.79 Å². The first-order valence-corrected chi connectivity index (χ1v) is 8.96. The summed E-state index contributed by atoms with van der Waals surface area (Å²) < 4.78 is 24.3. The second-order valence-electron chi connectivity index (χ2n) is 9.09. The van der Waals surface area contributed by atoms with E-state index in [1.54, 1.807) is 12.1 Å². The molecular formula is C19H30BNO6. The van der Waals surface area contributed by atoms with Gasteiger partial charge < -0.3 is 24.2 Å². The molecule has 0 aromatic heterocycles. The van der Waals surface area contributed by atoms with Crippen molar-refractivity contribution in [3.63, 3.8) is 0 Å². The Bertz CT molecular complexity index is 778. The number of hydrogen-bond donors (Lipinski definition) is 1. The number of hydrogen-bond acceptors (Lipinski definition) is 5. The fraction of sp³-hybridized carbons (Fsp3) is 0.579. The first-order valence-electron chi connectivity index (χ1n) is 8.96. The SMILES string of the molecule is CC1=[NH+]c2ccc(OC(=O)C(C)(C)C)cc2[B-]2(O1)OC(C)(C)C(C)(C)O2.O. The van der Waals surface area contributed by atoms with Gasteiger partial charge in [0.15, 0.2) is 5.69 Å². The highest BCUT2D eigenvalue weighted by Crippen LogP contribution is 2.43. The maximum atomic E-state index is 12.2. The van der Waals surface area contributed by atoms with Gasteiger partial charge in [0.1, 0.15) is 5.75 Å². The van der Waals surface area contributed by atoms with E-state index < -0.39 is 23.4 Å². The first kappa shape index (κ1) is 21.4. The topological polar surface area (TPSA) is 99.5 Å². The summed E-state index contributed by atoms with van der Waals surface area (Å²) >= 11 is 0. The molecule has 1 aromatic carbocycles. The summed E-state index contributed by atoms with van der Waals surface area (Å²) in [5, 5.41) is 0. The van der Waals surface area contributed by atoms with E-state index in [0.29, 0.717) is 17.1 Å². The van der Waals surface area contributed by atoms with Crippen LogP contribution in [-0.2, 0) is 18.8 Å². The Morgan fingerprint density at radius 3 is 2.19 bits per heavy atom. The quantitative estimate of drug-likeness (QED) is 0.441. The molecule has 0 saturated carbocycles. The number of nitrogens with one attached hydrogen (secondary N) is 1. The van der Waals surface area contributed by atoms with Crippen LogP contribution in [0.25, 0.3) is 0 Å². The molecule has 2 aliphatic rings. The van der Waals surface area contributed by atoms with E-state index >= 15 is 0 Å². The molecule has 0 amide bonds. The number of carbonyl (C=O) groups is 1. The van der Waals surface area contributed by atoms with Gasteiger partial charge >= 0.3 is 12.7 Å². The van der Waals surface area contributed by atoms with Crippen LogP contribution in [0.1, 0.15) is 55.4 Å². The van der Waals surface area contributed by atoms with Crippen molar-refractivity contribution in [3.8, 4) is 5.75 Å². The molecule has 3 N–H and O–H groups in total. The minimum atomic E-state index is -2.20. The van der Waals surface area contributed by atoms with Gasteiger partial charge in [0.25, 0.3) is 5.90 Å². The molecule has 8 heteroatoms. The summed E-state index contributed by atoms with van der Waals surface area (Å²) in [5.74, 6) is 0.732. The van der Waals surface area contributed by atoms with Crippen LogP contribution in [0.15, 0.2) is 18.2 Å². The molecule has 1 spiro atoms. The Balaban J connectivity index is 0.00000261. The van der Waals surface area contributed by atoms with Crippen LogP contribution in [0.4, 0.5) is 5.69 Å². The maximum absolute atomic E-state index is 12.2. The lowest BCUT2D eigenvalue weighted by Gasteiger charge is -2.38. The average Bonchev–Trinajstić information content (AvgIpc) is 2.63. The van der Waals surface area contributed by atoms with Crippen molar-refractivity contribution in [3.05, 3.63) is 18.2 Å². The van der Waals surface area contributed by atoms with Crippen LogP contribution in [0.5, 0.6) is 5.75 Å². The van der Waals surface area contributed by atoms with Crippen molar-refractivity contribution >= 4 is 29.8 Å². The van der Waals surface area contributed by atoms with E-state index in [2.05, 4.69) is 4.99 Å². The lowest BCUT2D eigenvalue weighted by molar-refractivity contribution is -0.367. The summed E-state index contributed by atoms with van der Waals surface area (Å²) in [4.78, 5) is 15.4. The zero-order chi connectivity index (χ0) is 19.5. The zero-order valence-electron chi connectivity index (χ0n) is 17.4. The molecule has 27 heavy (non-hydrogen) atoms. The lowest BCUT2D eigenvalue weighted by Crippen LogP contribution is -2.78. The molecule has 1 fully saturated rings. The minimum Gasteiger partial charge on any atom is -0.621 e. The van der Waals surface area contributed by atoms with Crippen LogP contribution >= 0.6 is 0 Å². The third kappa shape index (κ3) is 3.61. The normalized spacial score (nSPS) is 21.6. The van der Waals surface area contributed by atoms with Gasteiger partial charge in [-0.15, -0.1) is 0 Å². The van der Waals surface area contributed by atoms with Crippen LogP contribution in [0, 0.1) is 5.41 Å². The monoisotopic (exact) mass is 379 g/mol. The Kier molecular flexibility index (Phi) is 5.01. The summed E-state index contributed by atoms with van der Waals surface area (Å²) in [6, 6.07) is 5.36. The predicted molar refractivity (Wildman–Crippen MR) is 103 cm³/mol. The van der Waals surface area contributed by atoms with E-state index in [1.165, 1.54) is 0 Å². The fourth-order valence-electron chi connectivity index (χ4n) is 3.04. The molecule has 0 radical (unpaired) electrons. The van der Waals surface area contributed by atoms with Gasteiger partial charge in [-0.1, -0.05) is 0 Å². The van der Waals surface area contributed by atoms with E-state index in [4.69, 9.17) is 18.7 Å². The van der Waals surface area contributed by atoms with Gasteiger partial charge in [-0.2, -0.15) is 4.99 Å². The Hall–Kier alpha value is -1.90. The van der Waals surface area contributed by atoms with E-state index in [1.807, 2.05) is 61.5 Å². The van der Waals surface area contributed by atoms with Crippen molar-refractivity contribution < 1.29 is 34.0 Å². The summed E-state index contributed by atoms with van der Waals surface area (Å²) in [6.07, 6.45) is 0. The number of benzene rings is 1. The van der Waals surface area contributed by atoms with Gasteiger partial charge in [-0.25, -0.2) is 0 Å². The third-order valence-electron chi connectivity index (χ3n) is 5.22. The smallest absolute Gasteiger partial charge is 0.477 e. The molecule has 3 rings (SSSR count). The number of esters is 1. The molecular weight excluding hydrogens is 349 g/mol. The zero-order valence-corrected chi connectivity index (χ0v) is 17.4. The molecule has 0 bridgehead atoms. The second-order valence-corrected chi connectivity index (χ2v) is 9.09. The molecule has 7 nitrogen and oxygen atoms in total. The van der Waals surface area contributed by atoms with Gasteiger partial charge in [-0.3, -0.25) is 4.79 Å². The first-order chi connectivity index (χ1) is 11.8. The molecule has 0 atom stereocenters. The Labute approximate surface area is 160 Å². The lowest BCUT2D eigenvalue weighted by atomic mass is 9.67. The summed E-state index contributed by atoms with van der Waals surface area (Å²) in [6.45, 7) is 13.0. The third-order valence-corrected chi connectivity index (χ3v) is 5.22. The Morgan fingerprint density at radius 1 is 1.11 bits per heavy atom. The highest BCUT2D eigenvalue weighted by atomic mass is 16.8. The maximum Gasteiger partial charge on any atom is 0.477 e. The van der Waals surface area contributed by atoms with Crippen LogP contribution in [0.2, 0.25) is 0 Å². The second kappa shape index (κ2) is 6.33. The highest BCUT2D eigenvalue weighted by molar-refractivity contribution is 6.78. The van der Waals surface area contributed by atoms with E-state index in [0.717, 1.165) is 5.69 Å². The average molecular weight is 379 g/mol. The largest absolute Gasteiger partial charge is 0.621 e. The molecule has 2 aliphatic heterocycles. The van der Waals surface area contributed by atoms with Crippen molar-refractivity contribution in [1.82, 2.24) is 0 Å². The van der Waals surface area contributed by atoms with Crippen molar-refractivity contribution in [2.45, 2.75) is 66.6 Å². The van der Waals surface area contributed by atoms with Crippen LogP contribution < -0.4 is 15.2 Å². The number of fused-ring (bicyclic) bond motifs is 2. The predicted octanol–water partition coefficient (Wildman–Crippen LogP) is 0.724. The fourth-order valence-corrected chi connectivity index (χ4v) is 3.04. The molecule has 0 aliphatic carbocycles. The van der Waals surface area contributed by atoms with E-state index in [-0.39, 0.29) is 11.4 Å². The van der Waals surface area contributed by atoms with Crippen LogP contribution in [-0.4, -0.2) is 35.3 Å². The molecule has 150 valence electrons. The van der Waals surface area contributed by atoms with Gasteiger partial charge in [0.2, 0.25) is 0 Å². The summed E-state index contributed by atoms with van der Waals surface area (Å²) in [7, 11) is 0. The molecule has 2 heterocycles. The molecule has 1 aromatic rings. The number of rotatable bonds is 1. The van der Waals surface area contributed by atoms with Crippen molar-refractivity contribution in [1.29, 1.82) is 0 Å². The molecule has 1 saturated heterocycles.